The second-order valence-corrected chi connectivity index (χ2v) is 10.3. The summed E-state index contributed by atoms with van der Waals surface area (Å²) < 4.78 is 0. The van der Waals surface area contributed by atoms with Crippen LogP contribution in [0.25, 0.3) is 0 Å². The first-order valence-corrected chi connectivity index (χ1v) is 11.6. The van der Waals surface area contributed by atoms with Gasteiger partial charge in [-0.25, -0.2) is 0 Å². The largest absolute Gasteiger partial charge is 0.0620 e. The monoisotopic (exact) mass is 352 g/mol. The molecule has 3 saturated carbocycles. The smallest absolute Gasteiger partial charge is 0.0162 e. The van der Waals surface area contributed by atoms with Crippen LogP contribution in [0.5, 0.6) is 0 Å². The highest BCUT2D eigenvalue weighted by Crippen LogP contribution is 2.55. The molecule has 26 heavy (non-hydrogen) atoms. The van der Waals surface area contributed by atoms with Crippen LogP contribution < -0.4 is 0 Å². The van der Waals surface area contributed by atoms with E-state index in [1.54, 1.807) is 5.56 Å². The molecule has 1 aromatic rings. The number of aryl methyl sites for hydroxylation is 1. The average Bonchev–Trinajstić information content (AvgIpc) is 2.68. The Hall–Kier alpha value is -0.780. The fourth-order valence-electron chi connectivity index (χ4n) is 7.53. The Balaban J connectivity index is 1.43. The van der Waals surface area contributed by atoms with Gasteiger partial charge in [0.25, 0.3) is 0 Å². The van der Waals surface area contributed by atoms with E-state index in [-0.39, 0.29) is 0 Å². The maximum atomic E-state index is 2.64. The van der Waals surface area contributed by atoms with Gasteiger partial charge in [0.05, 0.1) is 0 Å². The molecule has 0 heteroatoms. The van der Waals surface area contributed by atoms with Gasteiger partial charge in [-0.1, -0.05) is 63.4 Å². The molecule has 0 nitrogen and oxygen atoms in total. The second-order valence-electron chi connectivity index (χ2n) is 10.3. The predicted octanol–water partition coefficient (Wildman–Crippen LogP) is 7.61. The van der Waals surface area contributed by atoms with Crippen molar-refractivity contribution in [3.63, 3.8) is 0 Å². The van der Waals surface area contributed by atoms with E-state index in [4.69, 9.17) is 0 Å². The lowest BCUT2D eigenvalue weighted by Crippen LogP contribution is -2.47. The summed E-state index contributed by atoms with van der Waals surface area (Å²) in [4.78, 5) is 0. The molecule has 0 heterocycles. The van der Waals surface area contributed by atoms with E-state index in [0.717, 1.165) is 47.3 Å². The van der Waals surface area contributed by atoms with Gasteiger partial charge in [0.1, 0.15) is 0 Å². The molecule has 0 bridgehead atoms. The molecule has 4 rings (SSSR count). The number of hydrogen-bond acceptors (Lipinski definition) is 0. The SMILES string of the molecule is Cc1ccc(C2CCC(C3C(C)C(C)C4CCCCC4C3C)CC2)cc1. The molecule has 0 amide bonds. The Bertz CT molecular complexity index is 577. The Labute approximate surface area is 162 Å². The Kier molecular flexibility index (Phi) is 5.49. The molecule has 0 radical (unpaired) electrons. The van der Waals surface area contributed by atoms with Crippen LogP contribution in [0.1, 0.15) is 89.2 Å². The highest BCUT2D eigenvalue weighted by molar-refractivity contribution is 5.24. The molecular formula is C26H40. The molecular weight excluding hydrogens is 312 g/mol. The van der Waals surface area contributed by atoms with Gasteiger partial charge in [-0.2, -0.15) is 0 Å². The summed E-state index contributed by atoms with van der Waals surface area (Å²) in [5, 5.41) is 0. The quantitative estimate of drug-likeness (QED) is 0.513. The molecule has 6 unspecified atom stereocenters. The molecule has 3 fully saturated rings. The van der Waals surface area contributed by atoms with Crippen molar-refractivity contribution < 1.29 is 0 Å². The van der Waals surface area contributed by atoms with Crippen LogP contribution in [-0.2, 0) is 0 Å². The Morgan fingerprint density at radius 3 is 1.85 bits per heavy atom. The fourth-order valence-corrected chi connectivity index (χ4v) is 7.53. The first-order chi connectivity index (χ1) is 12.6. The number of rotatable bonds is 2. The standard InChI is InChI=1S/C26H40/c1-17-9-11-21(12-10-17)22-13-15-23(16-14-22)26-19(3)18(2)24-7-5-6-8-25(24)20(26)4/h9-12,18-20,22-26H,5-8,13-16H2,1-4H3. The van der Waals surface area contributed by atoms with E-state index in [1.165, 1.54) is 56.9 Å². The fraction of sp³-hybridized carbons (Fsp3) is 0.769. The minimum Gasteiger partial charge on any atom is -0.0620 e. The minimum atomic E-state index is 0.820. The van der Waals surface area contributed by atoms with Crippen molar-refractivity contribution in [2.45, 2.75) is 85.0 Å². The number of hydrogen-bond donors (Lipinski definition) is 0. The van der Waals surface area contributed by atoms with E-state index in [1.807, 2.05) is 0 Å². The van der Waals surface area contributed by atoms with E-state index < -0.39 is 0 Å². The Morgan fingerprint density at radius 2 is 1.23 bits per heavy atom. The highest BCUT2D eigenvalue weighted by Gasteiger charge is 2.48. The van der Waals surface area contributed by atoms with E-state index in [0.29, 0.717) is 0 Å². The summed E-state index contributed by atoms with van der Waals surface area (Å²) in [5.41, 5.74) is 2.99. The van der Waals surface area contributed by atoms with Gasteiger partial charge in [0.2, 0.25) is 0 Å². The van der Waals surface area contributed by atoms with Crippen LogP contribution in [0.4, 0.5) is 0 Å². The molecule has 0 aromatic heterocycles. The van der Waals surface area contributed by atoms with Crippen molar-refractivity contribution in [1.82, 2.24) is 0 Å². The zero-order chi connectivity index (χ0) is 18.3. The average molecular weight is 353 g/mol. The lowest BCUT2D eigenvalue weighted by molar-refractivity contribution is -0.0528. The van der Waals surface area contributed by atoms with Crippen LogP contribution in [0, 0.1) is 48.3 Å². The molecule has 3 aliphatic rings. The minimum absolute atomic E-state index is 0.820. The van der Waals surface area contributed by atoms with Crippen molar-refractivity contribution in [3.8, 4) is 0 Å². The predicted molar refractivity (Wildman–Crippen MR) is 112 cm³/mol. The van der Waals surface area contributed by atoms with E-state index in [2.05, 4.69) is 52.0 Å². The number of fused-ring (bicyclic) bond motifs is 1. The first-order valence-electron chi connectivity index (χ1n) is 11.6. The molecule has 0 saturated heterocycles. The second kappa shape index (κ2) is 7.69. The molecule has 144 valence electrons. The molecule has 0 spiro atoms. The summed E-state index contributed by atoms with van der Waals surface area (Å²) in [7, 11) is 0. The van der Waals surface area contributed by atoms with Gasteiger partial charge in [0, 0.05) is 0 Å². The van der Waals surface area contributed by atoms with Gasteiger partial charge in [0.15, 0.2) is 0 Å². The van der Waals surface area contributed by atoms with E-state index in [9.17, 15) is 0 Å². The normalized spacial score (nSPS) is 43.7. The third kappa shape index (κ3) is 3.38. The Morgan fingerprint density at radius 1 is 0.654 bits per heavy atom. The molecule has 1 aromatic carbocycles. The summed E-state index contributed by atoms with van der Waals surface area (Å²) >= 11 is 0. The first kappa shape index (κ1) is 18.6. The third-order valence-electron chi connectivity index (χ3n) is 9.13. The lowest BCUT2D eigenvalue weighted by Gasteiger charge is -2.54. The lowest BCUT2D eigenvalue weighted by atomic mass is 9.51. The van der Waals surface area contributed by atoms with Crippen LogP contribution in [0.15, 0.2) is 24.3 Å². The van der Waals surface area contributed by atoms with Crippen molar-refractivity contribution in [3.05, 3.63) is 35.4 Å². The molecule has 0 aliphatic heterocycles. The molecule has 3 aliphatic carbocycles. The van der Waals surface area contributed by atoms with Gasteiger partial charge >= 0.3 is 0 Å². The van der Waals surface area contributed by atoms with Gasteiger partial charge in [-0.05, 0) is 98.4 Å². The van der Waals surface area contributed by atoms with Crippen LogP contribution in [0.2, 0.25) is 0 Å². The number of benzene rings is 1. The summed E-state index contributed by atoms with van der Waals surface area (Å²) in [5.74, 6) is 7.73. The van der Waals surface area contributed by atoms with Crippen LogP contribution in [-0.4, -0.2) is 0 Å². The van der Waals surface area contributed by atoms with Crippen molar-refractivity contribution in [1.29, 1.82) is 0 Å². The van der Waals surface area contributed by atoms with Crippen molar-refractivity contribution in [2.24, 2.45) is 41.4 Å². The van der Waals surface area contributed by atoms with Crippen LogP contribution in [0.3, 0.4) is 0 Å². The summed E-state index contributed by atoms with van der Waals surface area (Å²) in [6.45, 7) is 10.1. The van der Waals surface area contributed by atoms with Crippen LogP contribution >= 0.6 is 0 Å². The van der Waals surface area contributed by atoms with Gasteiger partial charge in [-0.3, -0.25) is 0 Å². The topological polar surface area (TPSA) is 0 Å². The third-order valence-corrected chi connectivity index (χ3v) is 9.13. The molecule has 6 atom stereocenters. The van der Waals surface area contributed by atoms with Gasteiger partial charge < -0.3 is 0 Å². The summed E-state index contributed by atoms with van der Waals surface area (Å²) in [6.07, 6.45) is 11.8. The van der Waals surface area contributed by atoms with E-state index >= 15 is 0 Å². The van der Waals surface area contributed by atoms with Crippen molar-refractivity contribution in [2.75, 3.05) is 0 Å². The molecule has 0 N–H and O–H groups in total. The zero-order valence-electron chi connectivity index (χ0n) is 17.6. The van der Waals surface area contributed by atoms with Gasteiger partial charge in [-0.15, -0.1) is 0 Å². The highest BCUT2D eigenvalue weighted by atomic mass is 14.5. The zero-order valence-corrected chi connectivity index (χ0v) is 17.6. The summed E-state index contributed by atoms with van der Waals surface area (Å²) in [6, 6.07) is 9.39. The van der Waals surface area contributed by atoms with Crippen molar-refractivity contribution >= 4 is 0 Å². The maximum Gasteiger partial charge on any atom is -0.0162 e. The maximum absolute atomic E-state index is 2.64.